The first-order valence-corrected chi connectivity index (χ1v) is 7.76. The summed E-state index contributed by atoms with van der Waals surface area (Å²) >= 11 is 0. The molecule has 18 heavy (non-hydrogen) atoms. The van der Waals surface area contributed by atoms with Gasteiger partial charge in [0.2, 0.25) is 10.0 Å². The molecule has 0 aliphatic heterocycles. The monoisotopic (exact) mass is 270 g/mol. The van der Waals surface area contributed by atoms with E-state index in [1.165, 1.54) is 0 Å². The third-order valence-electron chi connectivity index (χ3n) is 3.09. The number of rotatable bonds is 7. The second-order valence-corrected chi connectivity index (χ2v) is 6.60. The van der Waals surface area contributed by atoms with Gasteiger partial charge < -0.3 is 5.11 Å². The number of nitrogens with one attached hydrogen (secondary N) is 1. The van der Waals surface area contributed by atoms with E-state index in [2.05, 4.69) is 9.71 Å². The highest BCUT2D eigenvalue weighted by Gasteiger charge is 2.30. The Morgan fingerprint density at radius 1 is 1.39 bits per heavy atom. The lowest BCUT2D eigenvalue weighted by Gasteiger charge is -2.11. The Bertz CT molecular complexity index is 471. The van der Waals surface area contributed by atoms with Crippen molar-refractivity contribution in [1.29, 1.82) is 0 Å². The van der Waals surface area contributed by atoms with Gasteiger partial charge in [-0.15, -0.1) is 0 Å². The van der Waals surface area contributed by atoms with Crippen molar-refractivity contribution >= 4 is 10.0 Å². The van der Waals surface area contributed by atoms with Crippen LogP contribution in [0.1, 0.15) is 18.4 Å². The van der Waals surface area contributed by atoms with Gasteiger partial charge >= 0.3 is 0 Å². The Balaban J connectivity index is 1.76. The van der Waals surface area contributed by atoms with Crippen LogP contribution in [0.25, 0.3) is 0 Å². The van der Waals surface area contributed by atoms with Gasteiger partial charge in [-0.25, -0.2) is 13.1 Å². The molecule has 1 saturated carbocycles. The molecule has 1 aliphatic rings. The van der Waals surface area contributed by atoms with Crippen LogP contribution in [-0.4, -0.2) is 36.9 Å². The van der Waals surface area contributed by atoms with E-state index in [-0.39, 0.29) is 18.2 Å². The summed E-state index contributed by atoms with van der Waals surface area (Å²) in [7, 11) is -3.31. The SMILES string of the molecule is O=S(=O)(CCc1ccncc1)NCC(O)C1CC1. The zero-order valence-corrected chi connectivity index (χ0v) is 10.9. The molecule has 2 N–H and O–H groups in total. The first-order chi connectivity index (χ1) is 8.57. The molecule has 0 aromatic carbocycles. The first-order valence-electron chi connectivity index (χ1n) is 6.11. The topological polar surface area (TPSA) is 79.3 Å². The number of sulfonamides is 1. The molecular formula is C12H18N2O3S. The number of aromatic nitrogens is 1. The van der Waals surface area contributed by atoms with Crippen molar-refractivity contribution in [1.82, 2.24) is 9.71 Å². The molecule has 2 rings (SSSR count). The second kappa shape index (κ2) is 5.77. The lowest BCUT2D eigenvalue weighted by Crippen LogP contribution is -2.35. The minimum atomic E-state index is -3.31. The van der Waals surface area contributed by atoms with E-state index in [0.717, 1.165) is 18.4 Å². The van der Waals surface area contributed by atoms with E-state index in [4.69, 9.17) is 0 Å². The van der Waals surface area contributed by atoms with Crippen LogP contribution < -0.4 is 4.72 Å². The predicted molar refractivity (Wildman–Crippen MR) is 68.5 cm³/mol. The molecule has 1 fully saturated rings. The molecular weight excluding hydrogens is 252 g/mol. The summed E-state index contributed by atoms with van der Waals surface area (Å²) in [5.41, 5.74) is 0.943. The summed E-state index contributed by atoms with van der Waals surface area (Å²) in [5.74, 6) is 0.321. The van der Waals surface area contributed by atoms with E-state index >= 15 is 0 Å². The Labute approximate surface area is 107 Å². The quantitative estimate of drug-likeness (QED) is 0.747. The van der Waals surface area contributed by atoms with Crippen molar-refractivity contribution < 1.29 is 13.5 Å². The van der Waals surface area contributed by atoms with Crippen molar-refractivity contribution in [3.63, 3.8) is 0 Å². The van der Waals surface area contributed by atoms with E-state index < -0.39 is 16.1 Å². The van der Waals surface area contributed by atoms with Crippen LogP contribution in [0.3, 0.4) is 0 Å². The maximum absolute atomic E-state index is 11.7. The maximum Gasteiger partial charge on any atom is 0.212 e. The molecule has 1 heterocycles. The van der Waals surface area contributed by atoms with Gasteiger partial charge in [0.15, 0.2) is 0 Å². The zero-order valence-electron chi connectivity index (χ0n) is 10.1. The van der Waals surface area contributed by atoms with E-state index in [9.17, 15) is 13.5 Å². The average Bonchev–Trinajstić information content (AvgIpc) is 3.19. The molecule has 1 aromatic rings. The zero-order chi connectivity index (χ0) is 13.0. The van der Waals surface area contributed by atoms with Crippen molar-refractivity contribution in [2.24, 2.45) is 5.92 Å². The van der Waals surface area contributed by atoms with Gasteiger partial charge in [0, 0.05) is 18.9 Å². The highest BCUT2D eigenvalue weighted by Crippen LogP contribution is 2.32. The number of hydrogen-bond donors (Lipinski definition) is 2. The molecule has 1 aliphatic carbocycles. The number of nitrogens with zero attached hydrogens (tertiary/aromatic N) is 1. The van der Waals surface area contributed by atoms with Crippen LogP contribution >= 0.6 is 0 Å². The average molecular weight is 270 g/mol. The van der Waals surface area contributed by atoms with Crippen LogP contribution in [-0.2, 0) is 16.4 Å². The van der Waals surface area contributed by atoms with Crippen LogP contribution in [0.2, 0.25) is 0 Å². The normalized spacial score (nSPS) is 17.6. The fourth-order valence-corrected chi connectivity index (χ4v) is 2.81. The molecule has 1 aromatic heterocycles. The molecule has 0 radical (unpaired) electrons. The van der Waals surface area contributed by atoms with Crippen LogP contribution in [0.15, 0.2) is 24.5 Å². The molecule has 5 nitrogen and oxygen atoms in total. The highest BCUT2D eigenvalue weighted by molar-refractivity contribution is 7.89. The number of aryl methyl sites for hydroxylation is 1. The minimum Gasteiger partial charge on any atom is -0.391 e. The van der Waals surface area contributed by atoms with Crippen molar-refractivity contribution in [2.45, 2.75) is 25.4 Å². The number of aliphatic hydroxyl groups is 1. The Kier molecular flexibility index (Phi) is 4.31. The molecule has 100 valence electrons. The smallest absolute Gasteiger partial charge is 0.212 e. The molecule has 0 bridgehead atoms. The summed E-state index contributed by atoms with van der Waals surface area (Å²) in [5, 5.41) is 9.60. The molecule has 1 unspecified atom stereocenters. The summed E-state index contributed by atoms with van der Waals surface area (Å²) < 4.78 is 25.9. The Morgan fingerprint density at radius 3 is 2.67 bits per heavy atom. The van der Waals surface area contributed by atoms with Gasteiger partial charge in [-0.1, -0.05) is 0 Å². The summed E-state index contributed by atoms with van der Waals surface area (Å²) in [4.78, 5) is 3.88. The Hall–Kier alpha value is -0.980. The van der Waals surface area contributed by atoms with Gasteiger partial charge in [0.05, 0.1) is 11.9 Å². The summed E-state index contributed by atoms with van der Waals surface area (Å²) in [6.45, 7) is 0.128. The van der Waals surface area contributed by atoms with E-state index in [1.54, 1.807) is 24.5 Å². The van der Waals surface area contributed by atoms with Gasteiger partial charge in [0.25, 0.3) is 0 Å². The van der Waals surface area contributed by atoms with Crippen molar-refractivity contribution in [3.05, 3.63) is 30.1 Å². The van der Waals surface area contributed by atoms with Crippen molar-refractivity contribution in [3.8, 4) is 0 Å². The third-order valence-corrected chi connectivity index (χ3v) is 4.44. The third kappa shape index (κ3) is 4.36. The second-order valence-electron chi connectivity index (χ2n) is 4.68. The fraction of sp³-hybridized carbons (Fsp3) is 0.583. The van der Waals surface area contributed by atoms with E-state index in [1.807, 2.05) is 0 Å². The number of aliphatic hydroxyl groups excluding tert-OH is 1. The highest BCUT2D eigenvalue weighted by atomic mass is 32.2. The lowest BCUT2D eigenvalue weighted by atomic mass is 10.2. The summed E-state index contributed by atoms with van der Waals surface area (Å²) in [6, 6.07) is 3.60. The van der Waals surface area contributed by atoms with Crippen molar-refractivity contribution in [2.75, 3.05) is 12.3 Å². The van der Waals surface area contributed by atoms with Crippen LogP contribution in [0, 0.1) is 5.92 Å². The molecule has 0 spiro atoms. The van der Waals surface area contributed by atoms with Gasteiger partial charge in [-0.2, -0.15) is 0 Å². The molecule has 0 saturated heterocycles. The molecule has 6 heteroatoms. The first kappa shape index (κ1) is 13.5. The van der Waals surface area contributed by atoms with Gasteiger partial charge in [-0.3, -0.25) is 4.98 Å². The maximum atomic E-state index is 11.7. The molecule has 1 atom stereocenters. The standard InChI is InChI=1S/C12H18N2O3S/c15-12(11-1-2-11)9-14-18(16,17)8-5-10-3-6-13-7-4-10/h3-4,6-7,11-12,14-15H,1-2,5,8-9H2. The van der Waals surface area contributed by atoms with Crippen LogP contribution in [0.5, 0.6) is 0 Å². The Morgan fingerprint density at radius 2 is 2.06 bits per heavy atom. The fourth-order valence-electron chi connectivity index (χ4n) is 1.73. The van der Waals surface area contributed by atoms with Gasteiger partial charge in [-0.05, 0) is 42.9 Å². The minimum absolute atomic E-state index is 0.0361. The lowest BCUT2D eigenvalue weighted by molar-refractivity contribution is 0.155. The summed E-state index contributed by atoms with van der Waals surface area (Å²) in [6.07, 6.45) is 5.20. The van der Waals surface area contributed by atoms with Gasteiger partial charge in [0.1, 0.15) is 0 Å². The van der Waals surface area contributed by atoms with Crippen LogP contribution in [0.4, 0.5) is 0 Å². The number of pyridine rings is 1. The number of hydrogen-bond acceptors (Lipinski definition) is 4. The van der Waals surface area contributed by atoms with E-state index in [0.29, 0.717) is 6.42 Å². The largest absolute Gasteiger partial charge is 0.391 e. The predicted octanol–water partition coefficient (Wildman–Crippen LogP) is 0.314. The molecule has 0 amide bonds.